The minimum absolute atomic E-state index is 0.00246. The van der Waals surface area contributed by atoms with E-state index >= 15 is 0 Å². The number of aromatic carboxylic acids is 1. The summed E-state index contributed by atoms with van der Waals surface area (Å²) in [7, 11) is -3.71. The molecule has 0 spiro atoms. The lowest BCUT2D eigenvalue weighted by atomic mass is 10.1. The van der Waals surface area contributed by atoms with E-state index in [1.165, 1.54) is 0 Å². The molecule has 0 aliphatic heterocycles. The molecule has 1 atom stereocenters. The largest absolute Gasteiger partial charge is 0.477 e. The second-order valence-electron chi connectivity index (χ2n) is 4.02. The van der Waals surface area contributed by atoms with Crippen LogP contribution in [0.15, 0.2) is 17.2 Å². The van der Waals surface area contributed by atoms with Crippen LogP contribution in [0.5, 0.6) is 0 Å². The molecule has 0 aromatic carbocycles. The van der Waals surface area contributed by atoms with Crippen molar-refractivity contribution in [1.82, 2.24) is 9.71 Å². The third-order valence-corrected chi connectivity index (χ3v) is 3.84. The van der Waals surface area contributed by atoms with E-state index in [0.717, 1.165) is 12.3 Å². The number of nitrogens with one attached hydrogen (secondary N) is 2. The first kappa shape index (κ1) is 14.7. The number of aliphatic hydroxyl groups excluding tert-OH is 1. The number of carboxylic acids is 1. The number of hydrogen-bond acceptors (Lipinski definition) is 4. The first-order valence-corrected chi connectivity index (χ1v) is 6.87. The zero-order valence-electron chi connectivity index (χ0n) is 9.88. The lowest BCUT2D eigenvalue weighted by molar-refractivity contribution is 0.0691. The Morgan fingerprint density at radius 3 is 2.72 bits per heavy atom. The Hall–Kier alpha value is -1.38. The monoisotopic (exact) mass is 276 g/mol. The molecule has 7 nitrogen and oxygen atoms in total. The smallest absolute Gasteiger partial charge is 0.352 e. The summed E-state index contributed by atoms with van der Waals surface area (Å²) in [6.07, 6.45) is 1.62. The molecule has 0 bridgehead atoms. The van der Waals surface area contributed by atoms with Gasteiger partial charge in [-0.2, -0.15) is 0 Å². The van der Waals surface area contributed by atoms with Gasteiger partial charge in [0, 0.05) is 19.3 Å². The van der Waals surface area contributed by atoms with Crippen molar-refractivity contribution in [2.24, 2.45) is 5.92 Å². The molecule has 4 N–H and O–H groups in total. The van der Waals surface area contributed by atoms with Gasteiger partial charge in [-0.05, 0) is 18.4 Å². The van der Waals surface area contributed by atoms with Crippen molar-refractivity contribution in [3.63, 3.8) is 0 Å². The average molecular weight is 276 g/mol. The number of carboxylic acid groups (broad SMARTS) is 1. The van der Waals surface area contributed by atoms with Crippen LogP contribution in [0.4, 0.5) is 0 Å². The number of rotatable bonds is 7. The van der Waals surface area contributed by atoms with Crippen molar-refractivity contribution in [3.8, 4) is 0 Å². The summed E-state index contributed by atoms with van der Waals surface area (Å²) in [4.78, 5) is 12.9. The molecule has 0 amide bonds. The average Bonchev–Trinajstić information content (AvgIpc) is 2.77. The van der Waals surface area contributed by atoms with Crippen LogP contribution in [0.25, 0.3) is 0 Å². The highest BCUT2D eigenvalue weighted by Gasteiger charge is 2.18. The standard InChI is InChI=1S/C10H16N2O5S/c1-7(2-3-13)5-12-18(16,17)8-4-9(10(14)15)11-6-8/h4,6-7,11-13H,2-3,5H2,1H3,(H,14,15). The number of aromatic nitrogens is 1. The van der Waals surface area contributed by atoms with E-state index < -0.39 is 16.0 Å². The molecule has 0 aliphatic carbocycles. The van der Waals surface area contributed by atoms with E-state index in [2.05, 4.69) is 9.71 Å². The zero-order chi connectivity index (χ0) is 13.8. The summed E-state index contributed by atoms with van der Waals surface area (Å²) in [5, 5.41) is 17.4. The number of hydrogen-bond donors (Lipinski definition) is 4. The van der Waals surface area contributed by atoms with Gasteiger partial charge in [0.25, 0.3) is 0 Å². The molecule has 18 heavy (non-hydrogen) atoms. The topological polar surface area (TPSA) is 119 Å². The van der Waals surface area contributed by atoms with Gasteiger partial charge in [-0.3, -0.25) is 0 Å². The Morgan fingerprint density at radius 1 is 1.56 bits per heavy atom. The van der Waals surface area contributed by atoms with Crippen LogP contribution in [0.1, 0.15) is 23.8 Å². The van der Waals surface area contributed by atoms with E-state index in [0.29, 0.717) is 6.42 Å². The third-order valence-electron chi connectivity index (χ3n) is 2.44. The van der Waals surface area contributed by atoms with Crippen molar-refractivity contribution in [2.75, 3.05) is 13.2 Å². The van der Waals surface area contributed by atoms with E-state index in [1.807, 2.05) is 0 Å². The van der Waals surface area contributed by atoms with Crippen LogP contribution in [0.3, 0.4) is 0 Å². The molecule has 1 heterocycles. The molecule has 1 unspecified atom stereocenters. The summed E-state index contributed by atoms with van der Waals surface area (Å²) in [6.45, 7) is 1.99. The summed E-state index contributed by atoms with van der Waals surface area (Å²) in [5.74, 6) is -1.22. The van der Waals surface area contributed by atoms with Crippen LogP contribution in [-0.2, 0) is 10.0 Å². The summed E-state index contributed by atoms with van der Waals surface area (Å²) in [5.41, 5.74) is -0.182. The summed E-state index contributed by atoms with van der Waals surface area (Å²) < 4.78 is 25.9. The van der Waals surface area contributed by atoms with Gasteiger partial charge in [-0.25, -0.2) is 17.9 Å². The number of H-pyrrole nitrogens is 1. The molecule has 8 heteroatoms. The van der Waals surface area contributed by atoms with Gasteiger partial charge in [-0.15, -0.1) is 0 Å². The van der Waals surface area contributed by atoms with Gasteiger partial charge in [0.15, 0.2) is 0 Å². The SMILES string of the molecule is CC(CCO)CNS(=O)(=O)c1c[nH]c(C(=O)O)c1. The Morgan fingerprint density at radius 2 is 2.22 bits per heavy atom. The van der Waals surface area contributed by atoms with Gasteiger partial charge in [-0.1, -0.05) is 6.92 Å². The quantitative estimate of drug-likeness (QED) is 0.559. The molecule has 0 fully saturated rings. The molecule has 1 aromatic rings. The third kappa shape index (κ3) is 3.83. The van der Waals surface area contributed by atoms with Crippen molar-refractivity contribution in [3.05, 3.63) is 18.0 Å². The van der Waals surface area contributed by atoms with E-state index in [9.17, 15) is 13.2 Å². The molecule has 0 saturated carbocycles. The number of aliphatic hydroxyl groups is 1. The lowest BCUT2D eigenvalue weighted by Crippen LogP contribution is -2.28. The maximum absolute atomic E-state index is 11.8. The highest BCUT2D eigenvalue weighted by Crippen LogP contribution is 2.11. The fourth-order valence-corrected chi connectivity index (χ4v) is 2.47. The maximum Gasteiger partial charge on any atom is 0.352 e. The highest BCUT2D eigenvalue weighted by atomic mass is 32.2. The van der Waals surface area contributed by atoms with Crippen LogP contribution >= 0.6 is 0 Å². The Kier molecular flexibility index (Phi) is 4.88. The Bertz CT molecular complexity index is 508. The van der Waals surface area contributed by atoms with Gasteiger partial charge in [0.1, 0.15) is 10.6 Å². The summed E-state index contributed by atoms with van der Waals surface area (Å²) in [6, 6.07) is 1.06. The second kappa shape index (κ2) is 5.98. The molecule has 0 radical (unpaired) electrons. The van der Waals surface area contributed by atoms with E-state index in [4.69, 9.17) is 10.2 Å². The highest BCUT2D eigenvalue weighted by molar-refractivity contribution is 7.89. The van der Waals surface area contributed by atoms with Gasteiger partial charge in [0.05, 0.1) is 0 Å². The van der Waals surface area contributed by atoms with Crippen LogP contribution in [0, 0.1) is 5.92 Å². The molecule has 1 rings (SSSR count). The Balaban J connectivity index is 2.71. The van der Waals surface area contributed by atoms with Gasteiger partial charge in [0.2, 0.25) is 10.0 Å². The van der Waals surface area contributed by atoms with E-state index in [-0.39, 0.29) is 29.7 Å². The molecule has 102 valence electrons. The number of sulfonamides is 1. The first-order chi connectivity index (χ1) is 8.36. The predicted octanol–water partition coefficient (Wildman–Crippen LogP) is 0.00970. The molecular weight excluding hydrogens is 260 g/mol. The van der Waals surface area contributed by atoms with Crippen molar-refractivity contribution in [1.29, 1.82) is 0 Å². The summed E-state index contributed by atoms with van der Waals surface area (Å²) >= 11 is 0. The number of aromatic amines is 1. The van der Waals surface area contributed by atoms with Gasteiger partial charge < -0.3 is 15.2 Å². The molecule has 0 saturated heterocycles. The second-order valence-corrected chi connectivity index (χ2v) is 5.79. The number of carbonyl (C=O) groups is 1. The van der Waals surface area contributed by atoms with Crippen LogP contribution < -0.4 is 4.72 Å². The normalized spacial score (nSPS) is 13.4. The zero-order valence-corrected chi connectivity index (χ0v) is 10.7. The lowest BCUT2D eigenvalue weighted by Gasteiger charge is -2.10. The first-order valence-electron chi connectivity index (χ1n) is 5.39. The molecule has 1 aromatic heterocycles. The fraction of sp³-hybridized carbons (Fsp3) is 0.500. The molecule has 0 aliphatic rings. The minimum atomic E-state index is -3.71. The van der Waals surface area contributed by atoms with Gasteiger partial charge >= 0.3 is 5.97 Å². The maximum atomic E-state index is 11.8. The predicted molar refractivity (Wildman–Crippen MR) is 63.8 cm³/mol. The van der Waals surface area contributed by atoms with E-state index in [1.54, 1.807) is 6.92 Å². The Labute approximate surface area is 105 Å². The van der Waals surface area contributed by atoms with Crippen molar-refractivity contribution >= 4 is 16.0 Å². The fourth-order valence-electron chi connectivity index (χ4n) is 1.31. The van der Waals surface area contributed by atoms with Crippen molar-refractivity contribution < 1.29 is 23.4 Å². The minimum Gasteiger partial charge on any atom is -0.477 e. The van der Waals surface area contributed by atoms with Crippen LogP contribution in [-0.4, -0.2) is 42.7 Å². The van der Waals surface area contributed by atoms with Crippen LogP contribution in [0.2, 0.25) is 0 Å². The van der Waals surface area contributed by atoms with Crippen molar-refractivity contribution in [2.45, 2.75) is 18.2 Å². The molecular formula is C10H16N2O5S.